The number of halogens is 1. The molecule has 0 atom stereocenters. The van der Waals surface area contributed by atoms with Gasteiger partial charge in [-0.1, -0.05) is 52.8 Å². The molecule has 4 rings (SSSR count). The average molecular weight is 412 g/mol. The highest BCUT2D eigenvalue weighted by Crippen LogP contribution is 2.28. The van der Waals surface area contributed by atoms with Gasteiger partial charge in [0.1, 0.15) is 0 Å². The molecule has 0 amide bonds. The van der Waals surface area contributed by atoms with Crippen LogP contribution in [0.3, 0.4) is 0 Å². The minimum Gasteiger partial charge on any atom is -0.334 e. The maximum atomic E-state index is 5.92. The number of thioether (sulfide) groups is 1. The van der Waals surface area contributed by atoms with Crippen LogP contribution in [0.2, 0.25) is 5.02 Å². The highest BCUT2D eigenvalue weighted by Gasteiger charge is 2.16. The zero-order valence-corrected chi connectivity index (χ0v) is 17.0. The van der Waals surface area contributed by atoms with Gasteiger partial charge in [-0.15, -0.1) is 10.2 Å². The smallest absolute Gasteiger partial charge is 0.257 e. The average Bonchev–Trinajstić information content (AvgIpc) is 3.34. The van der Waals surface area contributed by atoms with E-state index in [0.29, 0.717) is 22.5 Å². The predicted molar refractivity (Wildman–Crippen MR) is 110 cm³/mol. The van der Waals surface area contributed by atoms with Crippen molar-refractivity contribution in [1.29, 1.82) is 0 Å². The summed E-state index contributed by atoms with van der Waals surface area (Å²) >= 11 is 7.46. The second-order valence-electron chi connectivity index (χ2n) is 6.18. The van der Waals surface area contributed by atoms with Crippen molar-refractivity contribution in [2.24, 2.45) is 0 Å². The van der Waals surface area contributed by atoms with E-state index in [9.17, 15) is 0 Å². The van der Waals surface area contributed by atoms with Gasteiger partial charge in [0.2, 0.25) is 0 Å². The summed E-state index contributed by atoms with van der Waals surface area (Å²) in [4.78, 5) is 4.46. The van der Waals surface area contributed by atoms with Crippen LogP contribution in [0.25, 0.3) is 22.8 Å². The Hall–Kier alpha value is -2.64. The largest absolute Gasteiger partial charge is 0.334 e. The maximum absolute atomic E-state index is 5.92. The molecule has 2 aromatic carbocycles. The lowest BCUT2D eigenvalue weighted by atomic mass is 10.1. The molecule has 0 N–H and O–H groups in total. The first-order valence-electron chi connectivity index (χ1n) is 8.86. The number of nitrogens with zero attached hydrogens (tertiary/aromatic N) is 5. The summed E-state index contributed by atoms with van der Waals surface area (Å²) in [6, 6.07) is 15.5. The van der Waals surface area contributed by atoms with E-state index in [1.165, 1.54) is 5.56 Å². The molecule has 0 aliphatic carbocycles. The lowest BCUT2D eigenvalue weighted by Gasteiger charge is -2.08. The van der Waals surface area contributed by atoms with Gasteiger partial charge in [-0.05, 0) is 43.7 Å². The fourth-order valence-corrected chi connectivity index (χ4v) is 3.83. The molecule has 2 aromatic heterocycles. The molecule has 6 nitrogen and oxygen atoms in total. The fraction of sp³-hybridized carbons (Fsp3) is 0.200. The molecule has 8 heteroatoms. The first-order chi connectivity index (χ1) is 13.7. The van der Waals surface area contributed by atoms with Crippen LogP contribution in [-0.4, -0.2) is 24.9 Å². The van der Waals surface area contributed by atoms with Crippen molar-refractivity contribution in [1.82, 2.24) is 24.9 Å². The van der Waals surface area contributed by atoms with Gasteiger partial charge in [-0.25, -0.2) is 0 Å². The summed E-state index contributed by atoms with van der Waals surface area (Å²) in [6.07, 6.45) is 0. The molecule has 0 saturated carbocycles. The Bertz CT molecular complexity index is 1090. The molecular weight excluding hydrogens is 394 g/mol. The van der Waals surface area contributed by atoms with Crippen molar-refractivity contribution in [3.8, 4) is 22.8 Å². The fourth-order valence-electron chi connectivity index (χ4n) is 2.85. The molecule has 0 unspecified atom stereocenters. The molecule has 0 fully saturated rings. The van der Waals surface area contributed by atoms with Crippen molar-refractivity contribution >= 4 is 23.4 Å². The molecule has 2 heterocycles. The van der Waals surface area contributed by atoms with E-state index < -0.39 is 0 Å². The van der Waals surface area contributed by atoms with Crippen molar-refractivity contribution < 1.29 is 4.52 Å². The van der Waals surface area contributed by atoms with Gasteiger partial charge in [0.25, 0.3) is 5.89 Å². The summed E-state index contributed by atoms with van der Waals surface area (Å²) < 4.78 is 7.47. The van der Waals surface area contributed by atoms with E-state index in [2.05, 4.69) is 50.9 Å². The third-order valence-corrected chi connectivity index (χ3v) is 5.52. The molecule has 142 valence electrons. The molecule has 0 radical (unpaired) electrons. The zero-order valence-electron chi connectivity index (χ0n) is 15.5. The maximum Gasteiger partial charge on any atom is 0.257 e. The lowest BCUT2D eigenvalue weighted by molar-refractivity contribution is 0.425. The van der Waals surface area contributed by atoms with Crippen LogP contribution in [0.15, 0.2) is 58.2 Å². The van der Waals surface area contributed by atoms with Gasteiger partial charge >= 0.3 is 0 Å². The minimum absolute atomic E-state index is 0.477. The lowest BCUT2D eigenvalue weighted by Crippen LogP contribution is -2.01. The Labute approximate surface area is 172 Å². The van der Waals surface area contributed by atoms with E-state index in [0.717, 1.165) is 28.7 Å². The van der Waals surface area contributed by atoms with E-state index in [4.69, 9.17) is 16.1 Å². The molecule has 0 bridgehead atoms. The summed E-state index contributed by atoms with van der Waals surface area (Å²) in [5.41, 5.74) is 3.10. The van der Waals surface area contributed by atoms with Crippen LogP contribution in [0, 0.1) is 6.92 Å². The van der Waals surface area contributed by atoms with E-state index in [1.807, 2.05) is 24.3 Å². The topological polar surface area (TPSA) is 69.6 Å². The second-order valence-corrected chi connectivity index (χ2v) is 7.56. The minimum atomic E-state index is 0.477. The first-order valence-corrected chi connectivity index (χ1v) is 10.2. The Kier molecular flexibility index (Phi) is 5.45. The normalized spacial score (nSPS) is 11.1. The SMILES string of the molecule is CCn1c(SCc2noc(-c3ccc(Cl)cc3)n2)nnc1-c1ccccc1C. The van der Waals surface area contributed by atoms with E-state index in [1.54, 1.807) is 23.9 Å². The van der Waals surface area contributed by atoms with Crippen LogP contribution in [-0.2, 0) is 12.3 Å². The third-order valence-electron chi connectivity index (χ3n) is 4.31. The summed E-state index contributed by atoms with van der Waals surface area (Å²) in [6.45, 7) is 4.94. The second kappa shape index (κ2) is 8.16. The van der Waals surface area contributed by atoms with Gasteiger partial charge in [0.15, 0.2) is 16.8 Å². The molecule has 0 spiro atoms. The standard InChI is InChI=1S/C20H18ClN5OS/c1-3-26-18(16-7-5-4-6-13(16)2)23-24-20(26)28-12-17-22-19(27-25-17)14-8-10-15(21)11-9-14/h4-11H,3,12H2,1-2H3. The summed E-state index contributed by atoms with van der Waals surface area (Å²) in [5, 5.41) is 14.3. The molecule has 4 aromatic rings. The first kappa shape index (κ1) is 18.7. The summed E-state index contributed by atoms with van der Waals surface area (Å²) in [5.74, 6) is 2.50. The highest BCUT2D eigenvalue weighted by molar-refractivity contribution is 7.98. The van der Waals surface area contributed by atoms with Crippen LogP contribution >= 0.6 is 23.4 Å². The number of benzene rings is 2. The number of hydrogen-bond acceptors (Lipinski definition) is 6. The third kappa shape index (κ3) is 3.81. The zero-order chi connectivity index (χ0) is 19.5. The van der Waals surface area contributed by atoms with Crippen LogP contribution in [0.5, 0.6) is 0 Å². The quantitative estimate of drug-likeness (QED) is 0.402. The van der Waals surface area contributed by atoms with Crippen molar-refractivity contribution in [3.63, 3.8) is 0 Å². The Morgan fingerprint density at radius 2 is 1.86 bits per heavy atom. The van der Waals surface area contributed by atoms with Gasteiger partial charge in [-0.3, -0.25) is 0 Å². The number of hydrogen-bond donors (Lipinski definition) is 0. The van der Waals surface area contributed by atoms with Gasteiger partial charge in [-0.2, -0.15) is 4.98 Å². The van der Waals surface area contributed by atoms with Crippen LogP contribution in [0.1, 0.15) is 18.3 Å². The Morgan fingerprint density at radius 1 is 1.07 bits per heavy atom. The van der Waals surface area contributed by atoms with Gasteiger partial charge < -0.3 is 9.09 Å². The summed E-state index contributed by atoms with van der Waals surface area (Å²) in [7, 11) is 0. The van der Waals surface area contributed by atoms with Crippen LogP contribution < -0.4 is 0 Å². The van der Waals surface area contributed by atoms with Gasteiger partial charge in [0.05, 0.1) is 5.75 Å². The molecule has 0 saturated heterocycles. The van der Waals surface area contributed by atoms with Crippen LogP contribution in [0.4, 0.5) is 0 Å². The molecular formula is C20H18ClN5OS. The Morgan fingerprint density at radius 3 is 2.61 bits per heavy atom. The highest BCUT2D eigenvalue weighted by atomic mass is 35.5. The van der Waals surface area contributed by atoms with Gasteiger partial charge in [0, 0.05) is 22.7 Å². The monoisotopic (exact) mass is 411 g/mol. The van der Waals surface area contributed by atoms with E-state index in [-0.39, 0.29) is 0 Å². The Balaban J connectivity index is 1.52. The number of aromatic nitrogens is 5. The molecule has 0 aliphatic rings. The van der Waals surface area contributed by atoms with E-state index >= 15 is 0 Å². The van der Waals surface area contributed by atoms with Crippen molar-refractivity contribution in [2.75, 3.05) is 0 Å². The molecule has 0 aliphatic heterocycles. The van der Waals surface area contributed by atoms with Crippen molar-refractivity contribution in [2.45, 2.75) is 31.3 Å². The predicted octanol–water partition coefficient (Wildman–Crippen LogP) is 5.27. The van der Waals surface area contributed by atoms with Crippen molar-refractivity contribution in [3.05, 3.63) is 64.9 Å². The number of aryl methyl sites for hydroxylation is 1. The molecule has 28 heavy (non-hydrogen) atoms. The number of rotatable bonds is 6.